The normalized spacial score (nSPS) is 26.9. The van der Waals surface area contributed by atoms with Crippen molar-refractivity contribution in [2.24, 2.45) is 5.41 Å². The Kier molecular flexibility index (Phi) is 6.76. The Morgan fingerprint density at radius 2 is 1.78 bits per heavy atom. The number of piperazine rings is 1. The van der Waals surface area contributed by atoms with Gasteiger partial charge in [-0.1, -0.05) is 20.8 Å². The SMILES string of the molecule is CC(C)(C)CN1CCNC(=O)C1CC(=O)N1CCC(N2CCOCC2)CC1. The van der Waals surface area contributed by atoms with Crippen LogP contribution in [0, 0.1) is 5.41 Å². The molecule has 0 spiro atoms. The number of nitrogens with one attached hydrogen (secondary N) is 1. The zero-order valence-corrected chi connectivity index (χ0v) is 17.2. The number of nitrogens with zero attached hydrogens (tertiary/aromatic N) is 3. The summed E-state index contributed by atoms with van der Waals surface area (Å²) in [6.07, 6.45) is 2.34. The largest absolute Gasteiger partial charge is 0.379 e. The fraction of sp³-hybridized carbons (Fsp3) is 0.900. The Hall–Kier alpha value is -1.18. The van der Waals surface area contributed by atoms with Crippen LogP contribution >= 0.6 is 0 Å². The summed E-state index contributed by atoms with van der Waals surface area (Å²) in [6, 6.07) is 0.232. The van der Waals surface area contributed by atoms with Crippen LogP contribution in [-0.2, 0) is 14.3 Å². The van der Waals surface area contributed by atoms with E-state index in [9.17, 15) is 9.59 Å². The standard InChI is InChI=1S/C20H36N4O3/c1-20(2,3)15-24-9-6-21-19(26)17(24)14-18(25)23-7-4-16(5-8-23)22-10-12-27-13-11-22/h16-17H,4-15H2,1-3H3,(H,21,26). The number of carbonyl (C=O) groups excluding carboxylic acids is 2. The summed E-state index contributed by atoms with van der Waals surface area (Å²) in [4.78, 5) is 32.0. The number of carbonyl (C=O) groups is 2. The van der Waals surface area contributed by atoms with Gasteiger partial charge in [-0.15, -0.1) is 0 Å². The number of hydrogen-bond donors (Lipinski definition) is 1. The number of piperidine rings is 1. The molecule has 3 aliphatic heterocycles. The molecule has 7 nitrogen and oxygen atoms in total. The van der Waals surface area contributed by atoms with Gasteiger partial charge in [0, 0.05) is 51.9 Å². The lowest BCUT2D eigenvalue weighted by atomic mass is 9.94. The van der Waals surface area contributed by atoms with Crippen molar-refractivity contribution >= 4 is 11.8 Å². The highest BCUT2D eigenvalue weighted by molar-refractivity contribution is 5.88. The van der Waals surface area contributed by atoms with Crippen molar-refractivity contribution in [1.82, 2.24) is 20.0 Å². The van der Waals surface area contributed by atoms with Crippen molar-refractivity contribution in [2.45, 2.75) is 52.1 Å². The van der Waals surface area contributed by atoms with Crippen LogP contribution in [0.5, 0.6) is 0 Å². The van der Waals surface area contributed by atoms with Crippen LogP contribution in [0.25, 0.3) is 0 Å². The molecular weight excluding hydrogens is 344 g/mol. The number of morpholine rings is 1. The molecule has 3 rings (SSSR count). The van der Waals surface area contributed by atoms with Gasteiger partial charge in [0.25, 0.3) is 0 Å². The second-order valence-electron chi connectivity index (χ2n) is 9.30. The van der Waals surface area contributed by atoms with Crippen molar-refractivity contribution in [3.8, 4) is 0 Å². The lowest BCUT2D eigenvalue weighted by Crippen LogP contribution is -2.58. The van der Waals surface area contributed by atoms with Crippen LogP contribution in [0.3, 0.4) is 0 Å². The van der Waals surface area contributed by atoms with E-state index in [-0.39, 0.29) is 23.3 Å². The molecule has 1 unspecified atom stereocenters. The van der Waals surface area contributed by atoms with E-state index in [1.807, 2.05) is 4.90 Å². The molecule has 3 heterocycles. The molecule has 2 amide bonds. The molecule has 0 aromatic carbocycles. The van der Waals surface area contributed by atoms with Crippen LogP contribution in [0.15, 0.2) is 0 Å². The zero-order valence-electron chi connectivity index (χ0n) is 17.2. The molecule has 0 aromatic rings. The monoisotopic (exact) mass is 380 g/mol. The third-order valence-corrected chi connectivity index (χ3v) is 5.87. The van der Waals surface area contributed by atoms with Crippen molar-refractivity contribution in [1.29, 1.82) is 0 Å². The molecule has 154 valence electrons. The van der Waals surface area contributed by atoms with E-state index in [0.717, 1.165) is 65.3 Å². The van der Waals surface area contributed by atoms with Gasteiger partial charge in [-0.25, -0.2) is 0 Å². The van der Waals surface area contributed by atoms with Crippen LogP contribution in [0.4, 0.5) is 0 Å². The summed E-state index contributed by atoms with van der Waals surface area (Å²) >= 11 is 0. The van der Waals surface area contributed by atoms with Crippen LogP contribution in [0.2, 0.25) is 0 Å². The molecule has 1 atom stereocenters. The zero-order chi connectivity index (χ0) is 19.4. The van der Waals surface area contributed by atoms with Gasteiger partial charge >= 0.3 is 0 Å². The molecule has 0 saturated carbocycles. The number of likely N-dealkylation sites (tertiary alicyclic amines) is 1. The average molecular weight is 381 g/mol. The average Bonchev–Trinajstić information content (AvgIpc) is 2.64. The fourth-order valence-electron chi connectivity index (χ4n) is 4.50. The predicted molar refractivity (Wildman–Crippen MR) is 104 cm³/mol. The quantitative estimate of drug-likeness (QED) is 0.772. The van der Waals surface area contributed by atoms with Gasteiger partial charge in [0.15, 0.2) is 0 Å². The maximum atomic E-state index is 12.9. The minimum Gasteiger partial charge on any atom is -0.379 e. The smallest absolute Gasteiger partial charge is 0.237 e. The topological polar surface area (TPSA) is 65.1 Å². The molecule has 1 N–H and O–H groups in total. The summed E-state index contributed by atoms with van der Waals surface area (Å²) in [5, 5.41) is 2.94. The lowest BCUT2D eigenvalue weighted by molar-refractivity contribution is -0.140. The molecule has 0 aliphatic carbocycles. The van der Waals surface area contributed by atoms with E-state index >= 15 is 0 Å². The van der Waals surface area contributed by atoms with Gasteiger partial charge in [-0.2, -0.15) is 0 Å². The van der Waals surface area contributed by atoms with Gasteiger partial charge in [-0.3, -0.25) is 19.4 Å². The number of hydrogen-bond acceptors (Lipinski definition) is 5. The Balaban J connectivity index is 1.52. The van der Waals surface area contributed by atoms with E-state index in [1.54, 1.807) is 0 Å². The van der Waals surface area contributed by atoms with E-state index < -0.39 is 0 Å². The summed E-state index contributed by atoms with van der Waals surface area (Å²) in [6.45, 7) is 14.1. The Bertz CT molecular complexity index is 520. The molecule has 3 aliphatic rings. The van der Waals surface area contributed by atoms with Crippen LogP contribution in [0.1, 0.15) is 40.0 Å². The summed E-state index contributed by atoms with van der Waals surface area (Å²) in [7, 11) is 0. The van der Waals surface area contributed by atoms with Crippen LogP contribution in [-0.4, -0.2) is 97.6 Å². The first-order chi connectivity index (χ1) is 12.8. The number of amides is 2. The van der Waals surface area contributed by atoms with Gasteiger partial charge in [0.1, 0.15) is 0 Å². The Morgan fingerprint density at radius 3 is 2.41 bits per heavy atom. The van der Waals surface area contributed by atoms with Gasteiger partial charge in [0.05, 0.1) is 25.7 Å². The van der Waals surface area contributed by atoms with E-state index in [1.165, 1.54) is 0 Å². The fourth-order valence-corrected chi connectivity index (χ4v) is 4.50. The van der Waals surface area contributed by atoms with Gasteiger partial charge in [-0.05, 0) is 18.3 Å². The molecule has 0 radical (unpaired) electrons. The minimum atomic E-state index is -0.331. The highest BCUT2D eigenvalue weighted by atomic mass is 16.5. The van der Waals surface area contributed by atoms with Gasteiger partial charge < -0.3 is 15.0 Å². The van der Waals surface area contributed by atoms with Crippen molar-refractivity contribution in [2.75, 3.05) is 59.0 Å². The minimum absolute atomic E-state index is 0.00190. The van der Waals surface area contributed by atoms with Crippen molar-refractivity contribution < 1.29 is 14.3 Å². The first-order valence-electron chi connectivity index (χ1n) is 10.4. The first-order valence-corrected chi connectivity index (χ1v) is 10.4. The van der Waals surface area contributed by atoms with E-state index in [2.05, 4.69) is 35.9 Å². The highest BCUT2D eigenvalue weighted by Crippen LogP contribution is 2.22. The molecule has 0 bridgehead atoms. The molecule has 27 heavy (non-hydrogen) atoms. The summed E-state index contributed by atoms with van der Waals surface area (Å²) in [5.74, 6) is 0.124. The molecule has 7 heteroatoms. The molecule has 0 aromatic heterocycles. The maximum absolute atomic E-state index is 12.9. The van der Waals surface area contributed by atoms with E-state index in [0.29, 0.717) is 19.0 Å². The second-order valence-corrected chi connectivity index (χ2v) is 9.30. The van der Waals surface area contributed by atoms with Gasteiger partial charge in [0.2, 0.25) is 11.8 Å². The summed E-state index contributed by atoms with van der Waals surface area (Å²) in [5.41, 5.74) is 0.107. The molecule has 3 fully saturated rings. The Morgan fingerprint density at radius 1 is 1.11 bits per heavy atom. The number of rotatable bonds is 4. The molecule has 3 saturated heterocycles. The van der Waals surface area contributed by atoms with Crippen LogP contribution < -0.4 is 5.32 Å². The third kappa shape index (κ3) is 5.65. The number of ether oxygens (including phenoxy) is 1. The highest BCUT2D eigenvalue weighted by Gasteiger charge is 2.36. The third-order valence-electron chi connectivity index (χ3n) is 5.87. The maximum Gasteiger partial charge on any atom is 0.237 e. The predicted octanol–water partition coefficient (Wildman–Crippen LogP) is 0.546. The molecular formula is C20H36N4O3. The van der Waals surface area contributed by atoms with E-state index in [4.69, 9.17) is 4.74 Å². The first kappa shape index (κ1) is 20.6. The van der Waals surface area contributed by atoms with Crippen molar-refractivity contribution in [3.05, 3.63) is 0 Å². The lowest BCUT2D eigenvalue weighted by Gasteiger charge is -2.41. The van der Waals surface area contributed by atoms with Crippen molar-refractivity contribution in [3.63, 3.8) is 0 Å². The second kappa shape index (κ2) is 8.88. The Labute approximate surface area is 163 Å². The summed E-state index contributed by atoms with van der Waals surface area (Å²) < 4.78 is 5.44.